The van der Waals surface area contributed by atoms with E-state index in [0.29, 0.717) is 6.54 Å². The molecule has 0 radical (unpaired) electrons. The van der Waals surface area contributed by atoms with E-state index < -0.39 is 5.54 Å². The number of aliphatic hydroxyl groups excluding tert-OH is 1. The van der Waals surface area contributed by atoms with E-state index in [1.54, 1.807) is 0 Å². The van der Waals surface area contributed by atoms with Gasteiger partial charge < -0.3 is 15.7 Å². The maximum absolute atomic E-state index is 11.5. The van der Waals surface area contributed by atoms with Gasteiger partial charge in [-0.15, -0.1) is 0 Å². The fourth-order valence-corrected chi connectivity index (χ4v) is 1.49. The molecule has 4 nitrogen and oxygen atoms in total. The summed E-state index contributed by atoms with van der Waals surface area (Å²) in [6, 6.07) is -0.213. The topological polar surface area (TPSA) is 61.4 Å². The molecule has 0 heterocycles. The molecule has 0 aromatic carbocycles. The van der Waals surface area contributed by atoms with Crippen LogP contribution in [-0.4, -0.2) is 29.8 Å². The number of allylic oxidation sites excluding steroid dienone is 1. The van der Waals surface area contributed by atoms with Crippen molar-refractivity contribution in [3.63, 3.8) is 0 Å². The Labute approximate surface area is 98.1 Å². The van der Waals surface area contributed by atoms with E-state index in [0.717, 1.165) is 19.3 Å². The van der Waals surface area contributed by atoms with Crippen LogP contribution in [0.2, 0.25) is 0 Å². The highest BCUT2D eigenvalue weighted by Gasteiger charge is 2.23. The third kappa shape index (κ3) is 6.45. The summed E-state index contributed by atoms with van der Waals surface area (Å²) in [5.41, 5.74) is -0.514. The van der Waals surface area contributed by atoms with E-state index in [4.69, 9.17) is 0 Å². The van der Waals surface area contributed by atoms with Crippen LogP contribution in [0.4, 0.5) is 4.79 Å². The average molecular weight is 228 g/mol. The maximum Gasteiger partial charge on any atom is 0.315 e. The van der Waals surface area contributed by atoms with E-state index in [-0.39, 0.29) is 12.6 Å². The van der Waals surface area contributed by atoms with Crippen LogP contribution in [0.25, 0.3) is 0 Å². The summed E-state index contributed by atoms with van der Waals surface area (Å²) >= 11 is 0. The van der Waals surface area contributed by atoms with Gasteiger partial charge in [-0.1, -0.05) is 25.5 Å². The number of amides is 2. The molecule has 16 heavy (non-hydrogen) atoms. The summed E-state index contributed by atoms with van der Waals surface area (Å²) in [6.45, 7) is 6.40. The Morgan fingerprint density at radius 1 is 1.50 bits per heavy atom. The summed E-state index contributed by atoms with van der Waals surface area (Å²) in [7, 11) is 0. The highest BCUT2D eigenvalue weighted by Crippen LogP contribution is 2.10. The van der Waals surface area contributed by atoms with Gasteiger partial charge in [0.15, 0.2) is 0 Å². The molecular formula is C12H24N2O2. The summed E-state index contributed by atoms with van der Waals surface area (Å²) in [5.74, 6) is 0. The van der Waals surface area contributed by atoms with Crippen LogP contribution >= 0.6 is 0 Å². The number of nitrogens with one attached hydrogen (secondary N) is 2. The molecule has 0 spiro atoms. The fourth-order valence-electron chi connectivity index (χ4n) is 1.49. The number of rotatable bonds is 7. The van der Waals surface area contributed by atoms with Gasteiger partial charge in [0.1, 0.15) is 0 Å². The molecule has 94 valence electrons. The minimum absolute atomic E-state index is 0.0386. The molecule has 1 atom stereocenters. The zero-order valence-electron chi connectivity index (χ0n) is 10.5. The van der Waals surface area contributed by atoms with Gasteiger partial charge in [-0.25, -0.2) is 4.79 Å². The molecule has 0 bridgehead atoms. The van der Waals surface area contributed by atoms with Crippen LogP contribution in [-0.2, 0) is 0 Å². The molecule has 3 N–H and O–H groups in total. The van der Waals surface area contributed by atoms with Gasteiger partial charge in [-0.3, -0.25) is 0 Å². The first-order valence-corrected chi connectivity index (χ1v) is 5.86. The van der Waals surface area contributed by atoms with Crippen LogP contribution in [0.1, 0.15) is 40.0 Å². The third-order valence-electron chi connectivity index (χ3n) is 2.40. The highest BCUT2D eigenvalue weighted by molar-refractivity contribution is 5.74. The van der Waals surface area contributed by atoms with E-state index in [9.17, 15) is 9.90 Å². The second kappa shape index (κ2) is 8.16. The van der Waals surface area contributed by atoms with Gasteiger partial charge in [0.2, 0.25) is 0 Å². The Hall–Kier alpha value is -1.03. The molecule has 0 fully saturated rings. The van der Waals surface area contributed by atoms with Gasteiger partial charge in [0.05, 0.1) is 12.1 Å². The van der Waals surface area contributed by atoms with Crippen LogP contribution in [0.15, 0.2) is 12.2 Å². The molecule has 1 unspecified atom stereocenters. The average Bonchev–Trinajstić information content (AvgIpc) is 2.25. The van der Waals surface area contributed by atoms with Gasteiger partial charge in [-0.05, 0) is 26.7 Å². The van der Waals surface area contributed by atoms with Gasteiger partial charge >= 0.3 is 6.03 Å². The van der Waals surface area contributed by atoms with Crippen LogP contribution in [0.3, 0.4) is 0 Å². The molecule has 0 aromatic rings. The largest absolute Gasteiger partial charge is 0.394 e. The van der Waals surface area contributed by atoms with Crippen LogP contribution in [0, 0.1) is 0 Å². The first-order valence-electron chi connectivity index (χ1n) is 5.86. The Morgan fingerprint density at radius 2 is 2.19 bits per heavy atom. The first-order chi connectivity index (χ1) is 7.58. The standard InChI is InChI=1S/C12H24N2O2/c1-4-6-7-9-13-11(16)14-12(3,10-15)8-5-2/h4,6,15H,5,7-10H2,1-3H3,(H2,13,14,16)/b6-4+. The van der Waals surface area contributed by atoms with Crippen molar-refractivity contribution in [2.24, 2.45) is 0 Å². The smallest absolute Gasteiger partial charge is 0.315 e. The number of hydrogen-bond acceptors (Lipinski definition) is 2. The number of urea groups is 1. The molecule has 0 aromatic heterocycles. The normalized spacial score (nSPS) is 14.8. The number of carbonyl (C=O) groups excluding carboxylic acids is 1. The van der Waals surface area contributed by atoms with E-state index in [1.807, 2.05) is 32.9 Å². The van der Waals surface area contributed by atoms with Gasteiger partial charge in [0.25, 0.3) is 0 Å². The van der Waals surface area contributed by atoms with Gasteiger partial charge in [-0.2, -0.15) is 0 Å². The van der Waals surface area contributed by atoms with Crippen molar-refractivity contribution in [1.29, 1.82) is 0 Å². The zero-order valence-corrected chi connectivity index (χ0v) is 10.5. The highest BCUT2D eigenvalue weighted by atomic mass is 16.3. The lowest BCUT2D eigenvalue weighted by atomic mass is 9.98. The Morgan fingerprint density at radius 3 is 2.69 bits per heavy atom. The van der Waals surface area contributed by atoms with Crippen molar-refractivity contribution >= 4 is 6.03 Å². The van der Waals surface area contributed by atoms with Crippen molar-refractivity contribution < 1.29 is 9.90 Å². The molecule has 0 aliphatic heterocycles. The third-order valence-corrected chi connectivity index (χ3v) is 2.40. The molecule has 0 aliphatic rings. The fraction of sp³-hybridized carbons (Fsp3) is 0.750. The molecular weight excluding hydrogens is 204 g/mol. The van der Waals surface area contributed by atoms with Crippen molar-refractivity contribution in [2.75, 3.05) is 13.2 Å². The van der Waals surface area contributed by atoms with Crippen molar-refractivity contribution in [2.45, 2.75) is 45.6 Å². The predicted octanol–water partition coefficient (Wildman–Crippen LogP) is 1.80. The molecule has 4 heteroatoms. The maximum atomic E-state index is 11.5. The van der Waals surface area contributed by atoms with Crippen molar-refractivity contribution in [1.82, 2.24) is 10.6 Å². The Balaban J connectivity index is 3.91. The summed E-state index contributed by atoms with van der Waals surface area (Å²) in [6.07, 6.45) is 6.47. The lowest BCUT2D eigenvalue weighted by molar-refractivity contribution is 0.163. The van der Waals surface area contributed by atoms with Crippen LogP contribution < -0.4 is 10.6 Å². The van der Waals surface area contributed by atoms with Gasteiger partial charge in [0, 0.05) is 6.54 Å². The molecule has 0 aliphatic carbocycles. The molecule has 2 amide bonds. The number of carbonyl (C=O) groups is 1. The van der Waals surface area contributed by atoms with E-state index >= 15 is 0 Å². The quantitative estimate of drug-likeness (QED) is 0.459. The summed E-state index contributed by atoms with van der Waals surface area (Å²) < 4.78 is 0. The first kappa shape index (κ1) is 15.0. The van der Waals surface area contributed by atoms with Crippen molar-refractivity contribution in [3.05, 3.63) is 12.2 Å². The Bertz CT molecular complexity index is 229. The van der Waals surface area contributed by atoms with Crippen molar-refractivity contribution in [3.8, 4) is 0 Å². The Kier molecular flexibility index (Phi) is 7.64. The molecule has 0 rings (SSSR count). The number of aliphatic hydroxyl groups is 1. The lowest BCUT2D eigenvalue weighted by Crippen LogP contribution is -2.52. The second-order valence-corrected chi connectivity index (χ2v) is 4.21. The van der Waals surface area contributed by atoms with E-state index in [2.05, 4.69) is 10.6 Å². The monoisotopic (exact) mass is 228 g/mol. The minimum atomic E-state index is -0.514. The second-order valence-electron chi connectivity index (χ2n) is 4.21. The predicted molar refractivity (Wildman–Crippen MR) is 66.4 cm³/mol. The minimum Gasteiger partial charge on any atom is -0.394 e. The number of hydrogen-bond donors (Lipinski definition) is 3. The lowest BCUT2D eigenvalue weighted by Gasteiger charge is -2.28. The van der Waals surface area contributed by atoms with Crippen LogP contribution in [0.5, 0.6) is 0 Å². The molecule has 0 saturated carbocycles. The summed E-state index contributed by atoms with van der Waals surface area (Å²) in [5, 5.41) is 14.8. The molecule has 0 saturated heterocycles. The zero-order chi connectivity index (χ0) is 12.4. The van der Waals surface area contributed by atoms with E-state index in [1.165, 1.54) is 0 Å². The summed E-state index contributed by atoms with van der Waals surface area (Å²) in [4.78, 5) is 11.5. The SMILES string of the molecule is C/C=C/CCNC(=O)NC(C)(CO)CCC.